The maximum Gasteiger partial charge on any atom is 0.0626 e. The quantitative estimate of drug-likeness (QED) is 0.788. The molecule has 0 amide bonds. The van der Waals surface area contributed by atoms with Gasteiger partial charge in [0, 0.05) is 24.8 Å². The molecule has 1 rings (SSSR count). The summed E-state index contributed by atoms with van der Waals surface area (Å²) in [5, 5.41) is 13.5. The van der Waals surface area contributed by atoms with Crippen molar-refractivity contribution in [1.29, 1.82) is 0 Å². The molecule has 0 aromatic heterocycles. The number of ether oxygens (including phenoxy) is 1. The number of aliphatic hydroxyl groups is 1. The molecule has 1 aromatic carbocycles. The zero-order valence-corrected chi connectivity index (χ0v) is 11.1. The molecule has 17 heavy (non-hydrogen) atoms. The maximum atomic E-state index is 9.40. The van der Waals surface area contributed by atoms with Crippen LogP contribution in [0, 0.1) is 0 Å². The van der Waals surface area contributed by atoms with Crippen LogP contribution in [0.25, 0.3) is 0 Å². The zero-order chi connectivity index (χ0) is 12.7. The van der Waals surface area contributed by atoms with Crippen molar-refractivity contribution in [2.24, 2.45) is 0 Å². The van der Waals surface area contributed by atoms with Gasteiger partial charge in [-0.15, -0.1) is 0 Å². The van der Waals surface area contributed by atoms with Crippen LogP contribution in [-0.4, -0.2) is 31.5 Å². The van der Waals surface area contributed by atoms with E-state index in [9.17, 15) is 5.11 Å². The monoisotopic (exact) mass is 257 g/mol. The molecule has 3 nitrogen and oxygen atoms in total. The number of benzene rings is 1. The lowest BCUT2D eigenvalue weighted by Gasteiger charge is -2.22. The minimum absolute atomic E-state index is 0.0564. The molecule has 96 valence electrons. The molecule has 0 bridgehead atoms. The number of rotatable bonds is 7. The number of aliphatic hydroxyl groups excluding tert-OH is 1. The molecule has 0 saturated carbocycles. The minimum atomic E-state index is -0.0564. The second-order valence-corrected chi connectivity index (χ2v) is 4.57. The molecule has 0 fully saturated rings. The van der Waals surface area contributed by atoms with E-state index in [1.54, 1.807) is 7.11 Å². The van der Waals surface area contributed by atoms with Gasteiger partial charge in [0.25, 0.3) is 0 Å². The SMILES string of the molecule is COCCC(C)NC(CO)c1ccc(Cl)cc1. The third kappa shape index (κ3) is 5.04. The molecule has 2 unspecified atom stereocenters. The van der Waals surface area contributed by atoms with E-state index < -0.39 is 0 Å². The molecule has 4 heteroatoms. The molecule has 0 aliphatic heterocycles. The van der Waals surface area contributed by atoms with Crippen LogP contribution in [0.5, 0.6) is 0 Å². The topological polar surface area (TPSA) is 41.5 Å². The molecular weight excluding hydrogens is 238 g/mol. The van der Waals surface area contributed by atoms with Crippen molar-refractivity contribution in [1.82, 2.24) is 5.32 Å². The van der Waals surface area contributed by atoms with Crippen molar-refractivity contribution in [2.75, 3.05) is 20.3 Å². The Labute approximate surface area is 108 Å². The van der Waals surface area contributed by atoms with Gasteiger partial charge in [0.05, 0.1) is 12.6 Å². The molecule has 0 aliphatic rings. The molecule has 0 aliphatic carbocycles. The summed E-state index contributed by atoms with van der Waals surface area (Å²) in [5.74, 6) is 0. The van der Waals surface area contributed by atoms with Crippen LogP contribution in [0.4, 0.5) is 0 Å². The van der Waals surface area contributed by atoms with Crippen LogP contribution < -0.4 is 5.32 Å². The Hall–Kier alpha value is -0.610. The fraction of sp³-hybridized carbons (Fsp3) is 0.538. The first-order chi connectivity index (χ1) is 8.17. The standard InChI is InChI=1S/C13H20ClNO2/c1-10(7-8-17-2)15-13(9-16)11-3-5-12(14)6-4-11/h3-6,10,13,15-16H,7-9H2,1-2H3. The van der Waals surface area contributed by atoms with Gasteiger partial charge in [0.15, 0.2) is 0 Å². The second kappa shape index (κ2) is 7.67. The van der Waals surface area contributed by atoms with Gasteiger partial charge < -0.3 is 15.2 Å². The molecule has 0 saturated heterocycles. The fourth-order valence-electron chi connectivity index (χ4n) is 1.67. The summed E-state index contributed by atoms with van der Waals surface area (Å²) in [4.78, 5) is 0. The van der Waals surface area contributed by atoms with E-state index in [0.717, 1.165) is 12.0 Å². The van der Waals surface area contributed by atoms with Crippen LogP contribution in [0.3, 0.4) is 0 Å². The normalized spacial score (nSPS) is 14.6. The number of methoxy groups -OCH3 is 1. The van der Waals surface area contributed by atoms with Gasteiger partial charge in [0.1, 0.15) is 0 Å². The van der Waals surface area contributed by atoms with Gasteiger partial charge in [-0.1, -0.05) is 23.7 Å². The van der Waals surface area contributed by atoms with Crippen LogP contribution in [0.1, 0.15) is 24.9 Å². The molecule has 1 aromatic rings. The number of hydrogen-bond acceptors (Lipinski definition) is 3. The fourth-order valence-corrected chi connectivity index (χ4v) is 1.80. The van der Waals surface area contributed by atoms with E-state index >= 15 is 0 Å². The van der Waals surface area contributed by atoms with Crippen molar-refractivity contribution >= 4 is 11.6 Å². The van der Waals surface area contributed by atoms with Gasteiger partial charge in [-0.2, -0.15) is 0 Å². The smallest absolute Gasteiger partial charge is 0.0626 e. The van der Waals surface area contributed by atoms with Crippen LogP contribution >= 0.6 is 11.6 Å². The molecule has 0 heterocycles. The van der Waals surface area contributed by atoms with Crippen LogP contribution in [0.15, 0.2) is 24.3 Å². The number of hydrogen-bond donors (Lipinski definition) is 2. The lowest BCUT2D eigenvalue weighted by atomic mass is 10.1. The first-order valence-corrected chi connectivity index (χ1v) is 6.16. The maximum absolute atomic E-state index is 9.40. The molecule has 0 radical (unpaired) electrons. The summed E-state index contributed by atoms with van der Waals surface area (Å²) in [6.45, 7) is 2.86. The van der Waals surface area contributed by atoms with Crippen molar-refractivity contribution in [3.63, 3.8) is 0 Å². The van der Waals surface area contributed by atoms with E-state index in [0.29, 0.717) is 17.7 Å². The summed E-state index contributed by atoms with van der Waals surface area (Å²) in [5.41, 5.74) is 1.04. The second-order valence-electron chi connectivity index (χ2n) is 4.14. The Bertz CT molecular complexity index is 316. The van der Waals surface area contributed by atoms with Gasteiger partial charge in [-0.3, -0.25) is 0 Å². The van der Waals surface area contributed by atoms with E-state index in [4.69, 9.17) is 16.3 Å². The van der Waals surface area contributed by atoms with Crippen molar-refractivity contribution in [3.05, 3.63) is 34.9 Å². The third-order valence-corrected chi connectivity index (χ3v) is 2.95. The van der Waals surface area contributed by atoms with Crippen molar-refractivity contribution in [3.8, 4) is 0 Å². The van der Waals surface area contributed by atoms with Gasteiger partial charge in [-0.05, 0) is 31.0 Å². The summed E-state index contributed by atoms with van der Waals surface area (Å²) in [7, 11) is 1.69. The van der Waals surface area contributed by atoms with Crippen LogP contribution in [0.2, 0.25) is 5.02 Å². The average molecular weight is 258 g/mol. The van der Waals surface area contributed by atoms with Crippen LogP contribution in [-0.2, 0) is 4.74 Å². The largest absolute Gasteiger partial charge is 0.394 e. The average Bonchev–Trinajstić information content (AvgIpc) is 2.34. The molecule has 2 atom stereocenters. The first kappa shape index (κ1) is 14.5. The minimum Gasteiger partial charge on any atom is -0.394 e. The number of halogens is 1. The Kier molecular flexibility index (Phi) is 6.52. The number of nitrogens with one attached hydrogen (secondary N) is 1. The van der Waals surface area contributed by atoms with Gasteiger partial charge >= 0.3 is 0 Å². The highest BCUT2D eigenvalue weighted by molar-refractivity contribution is 6.30. The molecule has 2 N–H and O–H groups in total. The van der Waals surface area contributed by atoms with E-state index in [2.05, 4.69) is 12.2 Å². The highest BCUT2D eigenvalue weighted by Gasteiger charge is 2.13. The van der Waals surface area contributed by atoms with Gasteiger partial charge in [-0.25, -0.2) is 0 Å². The summed E-state index contributed by atoms with van der Waals surface area (Å²) < 4.78 is 5.03. The zero-order valence-electron chi connectivity index (χ0n) is 10.3. The highest BCUT2D eigenvalue weighted by atomic mass is 35.5. The molecule has 0 spiro atoms. The lowest BCUT2D eigenvalue weighted by molar-refractivity contribution is 0.175. The predicted molar refractivity (Wildman–Crippen MR) is 70.4 cm³/mol. The van der Waals surface area contributed by atoms with E-state index in [1.165, 1.54) is 0 Å². The Morgan fingerprint density at radius 1 is 1.35 bits per heavy atom. The Morgan fingerprint density at radius 2 is 2.00 bits per heavy atom. The van der Waals surface area contributed by atoms with E-state index in [1.807, 2.05) is 24.3 Å². The first-order valence-electron chi connectivity index (χ1n) is 5.78. The lowest BCUT2D eigenvalue weighted by Crippen LogP contribution is -2.33. The highest BCUT2D eigenvalue weighted by Crippen LogP contribution is 2.17. The third-order valence-electron chi connectivity index (χ3n) is 2.70. The summed E-state index contributed by atoms with van der Waals surface area (Å²) >= 11 is 5.83. The summed E-state index contributed by atoms with van der Waals surface area (Å²) in [6.07, 6.45) is 0.917. The van der Waals surface area contributed by atoms with Crippen molar-refractivity contribution in [2.45, 2.75) is 25.4 Å². The molecular formula is C13H20ClNO2. The predicted octanol–water partition coefficient (Wildman–Crippen LogP) is 2.39. The Morgan fingerprint density at radius 3 is 2.53 bits per heavy atom. The summed E-state index contributed by atoms with van der Waals surface area (Å²) in [6, 6.07) is 7.77. The van der Waals surface area contributed by atoms with Gasteiger partial charge in [0.2, 0.25) is 0 Å². The van der Waals surface area contributed by atoms with Crippen molar-refractivity contribution < 1.29 is 9.84 Å². The van der Waals surface area contributed by atoms with E-state index in [-0.39, 0.29) is 12.6 Å². The Balaban J connectivity index is 2.56.